The summed E-state index contributed by atoms with van der Waals surface area (Å²) in [6.07, 6.45) is 0. The van der Waals surface area contributed by atoms with E-state index in [1.54, 1.807) is 32.0 Å². The molecule has 3 aromatic rings. The molecule has 0 aliphatic heterocycles. The van der Waals surface area contributed by atoms with Crippen molar-refractivity contribution in [3.8, 4) is 5.75 Å². The Morgan fingerprint density at radius 2 is 1.80 bits per heavy atom. The Kier molecular flexibility index (Phi) is 2.62. The zero-order valence-corrected chi connectivity index (χ0v) is 11.4. The second-order valence-electron chi connectivity index (χ2n) is 5.16. The summed E-state index contributed by atoms with van der Waals surface area (Å²) in [5.74, 6) is 0.976. The fourth-order valence-electron chi connectivity index (χ4n) is 2.20. The fourth-order valence-corrected chi connectivity index (χ4v) is 2.20. The lowest BCUT2D eigenvalue weighted by molar-refractivity contribution is 0.0559. The van der Waals surface area contributed by atoms with Crippen LogP contribution in [0.3, 0.4) is 0 Å². The molecule has 0 aliphatic carbocycles. The molecular weight excluding hydrogens is 260 g/mol. The van der Waals surface area contributed by atoms with Crippen molar-refractivity contribution in [3.05, 3.63) is 40.4 Å². The first kappa shape index (κ1) is 12.7. The molecule has 2 aromatic heterocycles. The highest BCUT2D eigenvalue weighted by Gasteiger charge is 2.23. The second kappa shape index (κ2) is 4.11. The van der Waals surface area contributed by atoms with Crippen molar-refractivity contribution in [2.75, 3.05) is 7.11 Å². The van der Waals surface area contributed by atoms with Gasteiger partial charge in [0.1, 0.15) is 28.3 Å². The Morgan fingerprint density at radius 1 is 1.10 bits per heavy atom. The zero-order chi connectivity index (χ0) is 14.5. The molecule has 5 nitrogen and oxygen atoms in total. The van der Waals surface area contributed by atoms with Crippen molar-refractivity contribution >= 4 is 21.9 Å². The summed E-state index contributed by atoms with van der Waals surface area (Å²) in [7, 11) is 1.54. The third kappa shape index (κ3) is 1.87. The Labute approximate surface area is 114 Å². The van der Waals surface area contributed by atoms with E-state index in [4.69, 9.17) is 13.6 Å². The van der Waals surface area contributed by atoms with E-state index in [9.17, 15) is 9.90 Å². The van der Waals surface area contributed by atoms with Crippen LogP contribution in [0.4, 0.5) is 0 Å². The van der Waals surface area contributed by atoms with Gasteiger partial charge in [0, 0.05) is 12.1 Å². The summed E-state index contributed by atoms with van der Waals surface area (Å²) < 4.78 is 16.2. The molecule has 1 N–H and O–H groups in total. The van der Waals surface area contributed by atoms with Crippen LogP contribution in [-0.4, -0.2) is 12.2 Å². The number of fused-ring (bicyclic) bond motifs is 2. The molecule has 0 amide bonds. The molecule has 0 unspecified atom stereocenters. The van der Waals surface area contributed by atoms with Gasteiger partial charge in [0.25, 0.3) is 0 Å². The number of hydrogen-bond donors (Lipinski definition) is 1. The number of hydrogen-bond acceptors (Lipinski definition) is 5. The van der Waals surface area contributed by atoms with Crippen LogP contribution in [0.2, 0.25) is 0 Å². The van der Waals surface area contributed by atoms with Crippen LogP contribution in [0.15, 0.2) is 37.9 Å². The molecule has 0 fully saturated rings. The van der Waals surface area contributed by atoms with E-state index in [0.717, 1.165) is 5.39 Å². The first-order valence-electron chi connectivity index (χ1n) is 6.17. The van der Waals surface area contributed by atoms with E-state index in [1.165, 1.54) is 13.2 Å². The maximum Gasteiger partial charge on any atom is 0.336 e. The van der Waals surface area contributed by atoms with E-state index < -0.39 is 11.2 Å². The van der Waals surface area contributed by atoms with Gasteiger partial charge in [0.05, 0.1) is 17.9 Å². The van der Waals surface area contributed by atoms with Crippen molar-refractivity contribution in [1.29, 1.82) is 0 Å². The maximum atomic E-state index is 11.3. The predicted octanol–water partition coefficient (Wildman–Crippen LogP) is 2.78. The van der Waals surface area contributed by atoms with Crippen LogP contribution in [0.1, 0.15) is 19.6 Å². The molecule has 5 heteroatoms. The van der Waals surface area contributed by atoms with Crippen LogP contribution < -0.4 is 10.4 Å². The SMILES string of the molecule is COc1c2cc(C(C)(C)O)oc2cc2oc(=O)ccc12. The van der Waals surface area contributed by atoms with Crippen LogP contribution in [0, 0.1) is 0 Å². The smallest absolute Gasteiger partial charge is 0.336 e. The number of methoxy groups -OCH3 is 1. The topological polar surface area (TPSA) is 72.8 Å². The minimum atomic E-state index is -1.10. The van der Waals surface area contributed by atoms with Gasteiger partial charge in [-0.3, -0.25) is 0 Å². The Balaban J connectivity index is 2.44. The number of ether oxygens (including phenoxy) is 1. The van der Waals surface area contributed by atoms with E-state index >= 15 is 0 Å². The van der Waals surface area contributed by atoms with Crippen LogP contribution in [-0.2, 0) is 5.60 Å². The van der Waals surface area contributed by atoms with Crippen molar-refractivity contribution in [2.24, 2.45) is 0 Å². The molecular formula is C15H14O5. The minimum absolute atomic E-state index is 0.387. The summed E-state index contributed by atoms with van der Waals surface area (Å²) in [5, 5.41) is 11.4. The zero-order valence-electron chi connectivity index (χ0n) is 11.4. The summed E-state index contributed by atoms with van der Waals surface area (Å²) in [4.78, 5) is 11.3. The predicted molar refractivity (Wildman–Crippen MR) is 74.1 cm³/mol. The quantitative estimate of drug-likeness (QED) is 0.727. The first-order chi connectivity index (χ1) is 9.40. The van der Waals surface area contributed by atoms with Gasteiger partial charge in [-0.15, -0.1) is 0 Å². The van der Waals surface area contributed by atoms with Gasteiger partial charge in [-0.2, -0.15) is 0 Å². The number of furan rings is 1. The molecule has 0 atom stereocenters. The summed E-state index contributed by atoms with van der Waals surface area (Å²) >= 11 is 0. The Morgan fingerprint density at radius 3 is 2.45 bits per heavy atom. The molecule has 3 rings (SSSR count). The first-order valence-corrected chi connectivity index (χ1v) is 6.17. The van der Waals surface area contributed by atoms with E-state index in [0.29, 0.717) is 28.1 Å². The summed E-state index contributed by atoms with van der Waals surface area (Å²) in [6.45, 7) is 3.27. The largest absolute Gasteiger partial charge is 0.495 e. The van der Waals surface area contributed by atoms with E-state index in [1.807, 2.05) is 0 Å². The van der Waals surface area contributed by atoms with Gasteiger partial charge < -0.3 is 18.7 Å². The molecule has 0 bridgehead atoms. The number of benzene rings is 1. The van der Waals surface area contributed by atoms with Crippen molar-refractivity contribution in [1.82, 2.24) is 0 Å². The van der Waals surface area contributed by atoms with Crippen molar-refractivity contribution < 1.29 is 18.7 Å². The van der Waals surface area contributed by atoms with Gasteiger partial charge in [-0.05, 0) is 26.0 Å². The van der Waals surface area contributed by atoms with Crippen LogP contribution >= 0.6 is 0 Å². The minimum Gasteiger partial charge on any atom is -0.495 e. The third-order valence-electron chi connectivity index (χ3n) is 3.18. The maximum absolute atomic E-state index is 11.3. The Hall–Kier alpha value is -2.27. The van der Waals surface area contributed by atoms with Gasteiger partial charge in [0.2, 0.25) is 0 Å². The molecule has 2 heterocycles. The summed E-state index contributed by atoms with van der Waals surface area (Å²) in [6, 6.07) is 6.35. The molecule has 20 heavy (non-hydrogen) atoms. The molecule has 0 radical (unpaired) electrons. The van der Waals surface area contributed by atoms with Crippen LogP contribution in [0.5, 0.6) is 5.75 Å². The standard InChI is InChI=1S/C15H14O5/c1-15(2,17)12-6-9-11(19-12)7-10-8(14(9)18-3)4-5-13(16)20-10/h4-7,17H,1-3H3. The summed E-state index contributed by atoms with van der Waals surface area (Å²) in [5.41, 5.74) is -0.649. The van der Waals surface area contributed by atoms with Gasteiger partial charge in [-0.25, -0.2) is 4.79 Å². The molecule has 0 saturated heterocycles. The normalized spacial score (nSPS) is 12.2. The molecule has 1 aromatic carbocycles. The average molecular weight is 274 g/mol. The Bertz CT molecular complexity index is 848. The van der Waals surface area contributed by atoms with Gasteiger partial charge in [0.15, 0.2) is 0 Å². The van der Waals surface area contributed by atoms with Crippen molar-refractivity contribution in [3.63, 3.8) is 0 Å². The van der Waals surface area contributed by atoms with Gasteiger partial charge >= 0.3 is 5.63 Å². The number of rotatable bonds is 2. The van der Waals surface area contributed by atoms with Crippen LogP contribution in [0.25, 0.3) is 21.9 Å². The lowest BCUT2D eigenvalue weighted by Gasteiger charge is -2.12. The molecule has 0 spiro atoms. The highest BCUT2D eigenvalue weighted by Crippen LogP contribution is 2.38. The monoisotopic (exact) mass is 274 g/mol. The van der Waals surface area contributed by atoms with Gasteiger partial charge in [-0.1, -0.05) is 0 Å². The highest BCUT2D eigenvalue weighted by molar-refractivity contribution is 6.01. The lowest BCUT2D eigenvalue weighted by Crippen LogP contribution is -2.13. The molecule has 0 aliphatic rings. The number of aliphatic hydroxyl groups is 1. The lowest BCUT2D eigenvalue weighted by atomic mass is 10.1. The fraction of sp³-hybridized carbons (Fsp3) is 0.267. The average Bonchev–Trinajstić information content (AvgIpc) is 2.78. The molecule has 104 valence electrons. The van der Waals surface area contributed by atoms with E-state index in [2.05, 4.69) is 0 Å². The van der Waals surface area contributed by atoms with Crippen molar-refractivity contribution in [2.45, 2.75) is 19.4 Å². The molecule has 0 saturated carbocycles. The second-order valence-corrected chi connectivity index (χ2v) is 5.16. The third-order valence-corrected chi connectivity index (χ3v) is 3.18. The highest BCUT2D eigenvalue weighted by atomic mass is 16.5. The van der Waals surface area contributed by atoms with E-state index in [-0.39, 0.29) is 0 Å².